The number of hydrogen-bond acceptors (Lipinski definition) is 4. The van der Waals surface area contributed by atoms with E-state index in [1.165, 1.54) is 19.3 Å². The van der Waals surface area contributed by atoms with Gasteiger partial charge in [0, 0.05) is 40.2 Å². The SMILES string of the molecule is O=C(Nc1ccc(Cl)c(-c2ccc3ccccc3n2)c1)c1ccc(N2CCCCCS2)cc1. The largest absolute Gasteiger partial charge is 0.322 e. The summed E-state index contributed by atoms with van der Waals surface area (Å²) in [6, 6.07) is 25.3. The molecule has 0 atom stereocenters. The Balaban J connectivity index is 1.34. The standard InChI is InChI=1S/C27H24ClN3OS/c28-24-14-11-21(18-23(24)26-15-10-19-6-2-3-7-25(19)30-26)29-27(32)20-8-12-22(13-9-20)31-16-4-1-5-17-33-31/h2-3,6-15,18H,1,4-5,16-17H2,(H,29,32). The van der Waals surface area contributed by atoms with Crippen molar-refractivity contribution < 1.29 is 4.79 Å². The number of benzene rings is 3. The van der Waals surface area contributed by atoms with Crippen molar-refractivity contribution in [3.63, 3.8) is 0 Å². The van der Waals surface area contributed by atoms with Crippen LogP contribution >= 0.6 is 23.5 Å². The molecule has 0 radical (unpaired) electrons. The summed E-state index contributed by atoms with van der Waals surface area (Å²) in [4.78, 5) is 17.6. The van der Waals surface area contributed by atoms with E-state index in [4.69, 9.17) is 16.6 Å². The highest BCUT2D eigenvalue weighted by Crippen LogP contribution is 2.31. The van der Waals surface area contributed by atoms with Crippen LogP contribution in [0.2, 0.25) is 5.02 Å². The van der Waals surface area contributed by atoms with Crippen LogP contribution in [-0.4, -0.2) is 23.2 Å². The van der Waals surface area contributed by atoms with Gasteiger partial charge in [-0.25, -0.2) is 4.98 Å². The fourth-order valence-corrected chi connectivity index (χ4v) is 5.27. The molecule has 0 saturated carbocycles. The molecule has 1 saturated heterocycles. The Bertz CT molecular complexity index is 1280. The predicted molar refractivity (Wildman–Crippen MR) is 140 cm³/mol. The zero-order chi connectivity index (χ0) is 22.6. The number of carbonyl (C=O) groups is 1. The average Bonchev–Trinajstić information content (AvgIpc) is 3.15. The van der Waals surface area contributed by atoms with Gasteiger partial charge in [0.15, 0.2) is 0 Å². The first-order chi connectivity index (χ1) is 16.2. The molecule has 1 aliphatic rings. The molecular formula is C27H24ClN3OS. The molecule has 1 aromatic heterocycles. The van der Waals surface area contributed by atoms with Crippen molar-refractivity contribution in [3.05, 3.63) is 89.4 Å². The van der Waals surface area contributed by atoms with E-state index < -0.39 is 0 Å². The van der Waals surface area contributed by atoms with Crippen molar-refractivity contribution in [1.29, 1.82) is 0 Å². The maximum atomic E-state index is 12.9. The molecule has 6 heteroatoms. The van der Waals surface area contributed by atoms with E-state index in [1.54, 1.807) is 6.07 Å². The lowest BCUT2D eigenvalue weighted by atomic mass is 10.1. The summed E-state index contributed by atoms with van der Waals surface area (Å²) in [7, 11) is 0. The third kappa shape index (κ3) is 5.00. The number of hydrogen-bond donors (Lipinski definition) is 1. The Hall–Kier alpha value is -3.02. The van der Waals surface area contributed by atoms with Gasteiger partial charge >= 0.3 is 0 Å². The Morgan fingerprint density at radius 1 is 0.939 bits per heavy atom. The summed E-state index contributed by atoms with van der Waals surface area (Å²) in [6.07, 6.45) is 3.75. The zero-order valence-corrected chi connectivity index (χ0v) is 19.7. The number of nitrogens with one attached hydrogen (secondary N) is 1. The highest BCUT2D eigenvalue weighted by Gasteiger charge is 2.13. The monoisotopic (exact) mass is 473 g/mol. The second kappa shape index (κ2) is 9.86. The number of halogens is 1. The van der Waals surface area contributed by atoms with Crippen LogP contribution in [0.5, 0.6) is 0 Å². The smallest absolute Gasteiger partial charge is 0.255 e. The van der Waals surface area contributed by atoms with Gasteiger partial charge < -0.3 is 9.62 Å². The molecule has 0 aliphatic carbocycles. The Morgan fingerprint density at radius 2 is 1.79 bits per heavy atom. The number of pyridine rings is 1. The molecule has 0 bridgehead atoms. The minimum absolute atomic E-state index is 0.148. The minimum atomic E-state index is -0.148. The topological polar surface area (TPSA) is 45.2 Å². The molecule has 4 nitrogen and oxygen atoms in total. The molecule has 0 spiro atoms. The van der Waals surface area contributed by atoms with Gasteiger partial charge in [-0.2, -0.15) is 0 Å². The summed E-state index contributed by atoms with van der Waals surface area (Å²) in [5.74, 6) is 0.998. The molecule has 4 aromatic rings. The van der Waals surface area contributed by atoms with Crippen molar-refractivity contribution in [1.82, 2.24) is 4.98 Å². The molecule has 166 valence electrons. The first-order valence-corrected chi connectivity index (χ1v) is 12.5. The zero-order valence-electron chi connectivity index (χ0n) is 18.1. The van der Waals surface area contributed by atoms with Gasteiger partial charge in [0.25, 0.3) is 5.91 Å². The molecule has 1 aliphatic heterocycles. The summed E-state index contributed by atoms with van der Waals surface area (Å²) in [5, 5.41) is 4.66. The number of amides is 1. The van der Waals surface area contributed by atoms with E-state index in [0.717, 1.165) is 40.1 Å². The summed E-state index contributed by atoms with van der Waals surface area (Å²) < 4.78 is 2.33. The van der Waals surface area contributed by atoms with E-state index in [2.05, 4.69) is 9.62 Å². The highest BCUT2D eigenvalue weighted by molar-refractivity contribution is 8.00. The Morgan fingerprint density at radius 3 is 2.67 bits per heavy atom. The molecule has 5 rings (SSSR count). The van der Waals surface area contributed by atoms with Crippen LogP contribution in [0.3, 0.4) is 0 Å². The van der Waals surface area contributed by atoms with Crippen molar-refractivity contribution in [2.75, 3.05) is 21.9 Å². The van der Waals surface area contributed by atoms with Crippen LogP contribution in [0.1, 0.15) is 29.6 Å². The Labute approximate surface area is 203 Å². The fourth-order valence-electron chi connectivity index (χ4n) is 3.97. The lowest BCUT2D eigenvalue weighted by Crippen LogP contribution is -2.15. The third-order valence-electron chi connectivity index (χ3n) is 5.77. The lowest BCUT2D eigenvalue weighted by molar-refractivity contribution is 0.102. The van der Waals surface area contributed by atoms with E-state index >= 15 is 0 Å². The number of aromatic nitrogens is 1. The third-order valence-corrected chi connectivity index (χ3v) is 7.27. The van der Waals surface area contributed by atoms with Gasteiger partial charge in [0.05, 0.1) is 16.2 Å². The molecule has 1 amide bonds. The van der Waals surface area contributed by atoms with E-state index in [0.29, 0.717) is 16.3 Å². The van der Waals surface area contributed by atoms with Crippen LogP contribution in [0.25, 0.3) is 22.2 Å². The van der Waals surface area contributed by atoms with E-state index in [-0.39, 0.29) is 5.91 Å². The summed E-state index contributed by atoms with van der Waals surface area (Å²) in [6.45, 7) is 1.05. The van der Waals surface area contributed by atoms with Crippen LogP contribution in [0.4, 0.5) is 11.4 Å². The minimum Gasteiger partial charge on any atom is -0.322 e. The lowest BCUT2D eigenvalue weighted by Gasteiger charge is -2.21. The molecule has 1 fully saturated rings. The van der Waals surface area contributed by atoms with Gasteiger partial charge in [-0.05, 0) is 79.4 Å². The van der Waals surface area contributed by atoms with Crippen molar-refractivity contribution in [3.8, 4) is 11.3 Å². The van der Waals surface area contributed by atoms with Gasteiger partial charge in [0.1, 0.15) is 0 Å². The predicted octanol–water partition coefficient (Wildman–Crippen LogP) is 7.45. The van der Waals surface area contributed by atoms with Crippen LogP contribution < -0.4 is 9.62 Å². The van der Waals surface area contributed by atoms with Crippen LogP contribution in [-0.2, 0) is 0 Å². The second-order valence-corrected chi connectivity index (χ2v) is 9.60. The molecule has 3 aromatic carbocycles. The average molecular weight is 474 g/mol. The van der Waals surface area contributed by atoms with E-state index in [9.17, 15) is 4.79 Å². The Kier molecular flexibility index (Phi) is 6.51. The normalized spacial score (nSPS) is 14.2. The number of nitrogens with zero attached hydrogens (tertiary/aromatic N) is 2. The number of rotatable bonds is 4. The van der Waals surface area contributed by atoms with Gasteiger partial charge in [-0.3, -0.25) is 4.79 Å². The first kappa shape index (κ1) is 21.8. The number of para-hydroxylation sites is 1. The summed E-state index contributed by atoms with van der Waals surface area (Å²) >= 11 is 8.35. The van der Waals surface area contributed by atoms with Gasteiger partial charge in [-0.15, -0.1) is 0 Å². The number of anilines is 2. The summed E-state index contributed by atoms with van der Waals surface area (Å²) in [5.41, 5.74) is 4.92. The van der Waals surface area contributed by atoms with Crippen LogP contribution in [0.15, 0.2) is 78.9 Å². The van der Waals surface area contributed by atoms with Crippen LogP contribution in [0, 0.1) is 0 Å². The second-order valence-electron chi connectivity index (χ2n) is 8.08. The van der Waals surface area contributed by atoms with Gasteiger partial charge in [-0.1, -0.05) is 42.3 Å². The molecule has 0 unspecified atom stereocenters. The maximum absolute atomic E-state index is 12.9. The van der Waals surface area contributed by atoms with E-state index in [1.807, 2.05) is 84.7 Å². The highest BCUT2D eigenvalue weighted by atomic mass is 35.5. The fraction of sp³-hybridized carbons (Fsp3) is 0.185. The molecular weight excluding hydrogens is 450 g/mol. The molecule has 2 heterocycles. The molecule has 1 N–H and O–H groups in total. The van der Waals surface area contributed by atoms with Crippen molar-refractivity contribution >= 4 is 51.7 Å². The number of carbonyl (C=O) groups excluding carboxylic acids is 1. The maximum Gasteiger partial charge on any atom is 0.255 e. The van der Waals surface area contributed by atoms with Crippen molar-refractivity contribution in [2.24, 2.45) is 0 Å². The van der Waals surface area contributed by atoms with Crippen molar-refractivity contribution in [2.45, 2.75) is 19.3 Å². The first-order valence-electron chi connectivity index (χ1n) is 11.1. The molecule has 33 heavy (non-hydrogen) atoms. The quantitative estimate of drug-likeness (QED) is 0.313. The van der Waals surface area contributed by atoms with Gasteiger partial charge in [0.2, 0.25) is 0 Å². The number of fused-ring (bicyclic) bond motifs is 1.